The summed E-state index contributed by atoms with van der Waals surface area (Å²) in [6, 6.07) is 0. The van der Waals surface area contributed by atoms with Gasteiger partial charge in [-0.15, -0.1) is 5.10 Å². The van der Waals surface area contributed by atoms with Gasteiger partial charge >= 0.3 is 0 Å². The van der Waals surface area contributed by atoms with Crippen LogP contribution in [-0.2, 0) is 0 Å². The molecule has 0 unspecified atom stereocenters. The minimum absolute atomic E-state index is 0.119. The fourth-order valence-electron chi connectivity index (χ4n) is 1.14. The van der Waals surface area contributed by atoms with Crippen molar-refractivity contribution in [3.05, 3.63) is 11.1 Å². The van der Waals surface area contributed by atoms with Gasteiger partial charge in [0.2, 0.25) is 0 Å². The van der Waals surface area contributed by atoms with Crippen molar-refractivity contribution >= 4 is 17.3 Å². The van der Waals surface area contributed by atoms with E-state index in [0.717, 1.165) is 12.8 Å². The van der Waals surface area contributed by atoms with Gasteiger partial charge in [-0.2, -0.15) is 0 Å². The van der Waals surface area contributed by atoms with E-state index in [1.54, 1.807) is 5.38 Å². The summed E-state index contributed by atoms with van der Waals surface area (Å²) in [6.45, 7) is 4.04. The molecule has 1 aromatic heterocycles. The third-order valence-electron chi connectivity index (χ3n) is 1.97. The van der Waals surface area contributed by atoms with Crippen LogP contribution in [0.1, 0.15) is 37.2 Å². The summed E-state index contributed by atoms with van der Waals surface area (Å²) in [4.78, 5) is 11.6. The Bertz CT molecular complexity index is 242. The molecule has 0 aliphatic heterocycles. The number of hydrogen-bond donors (Lipinski definition) is 0. The maximum atomic E-state index is 11.6. The minimum atomic E-state index is 0.119. The van der Waals surface area contributed by atoms with Crippen molar-refractivity contribution in [2.45, 2.75) is 26.7 Å². The van der Waals surface area contributed by atoms with Crippen LogP contribution in [0.2, 0.25) is 0 Å². The van der Waals surface area contributed by atoms with Gasteiger partial charge in [0.05, 0.1) is 0 Å². The summed E-state index contributed by atoms with van der Waals surface area (Å²) in [5.41, 5.74) is 0.522. The van der Waals surface area contributed by atoms with Crippen LogP contribution in [0.25, 0.3) is 0 Å². The van der Waals surface area contributed by atoms with E-state index in [1.165, 1.54) is 11.5 Å². The van der Waals surface area contributed by atoms with Crippen LogP contribution >= 0.6 is 11.5 Å². The van der Waals surface area contributed by atoms with Gasteiger partial charge in [-0.1, -0.05) is 18.3 Å². The number of aromatic nitrogens is 2. The molecule has 0 saturated carbocycles. The van der Waals surface area contributed by atoms with Crippen molar-refractivity contribution in [2.24, 2.45) is 5.92 Å². The molecule has 1 heterocycles. The lowest BCUT2D eigenvalue weighted by Gasteiger charge is -2.07. The zero-order chi connectivity index (χ0) is 8.97. The average molecular weight is 184 g/mol. The van der Waals surface area contributed by atoms with E-state index < -0.39 is 0 Å². The van der Waals surface area contributed by atoms with E-state index in [1.807, 2.05) is 13.8 Å². The van der Waals surface area contributed by atoms with Gasteiger partial charge in [0.1, 0.15) is 5.69 Å². The van der Waals surface area contributed by atoms with Gasteiger partial charge in [0, 0.05) is 11.3 Å². The molecule has 0 aliphatic carbocycles. The highest BCUT2D eigenvalue weighted by molar-refractivity contribution is 7.03. The molecular formula is C8H12N2OS. The summed E-state index contributed by atoms with van der Waals surface area (Å²) in [5.74, 6) is 0.252. The molecule has 0 saturated heterocycles. The van der Waals surface area contributed by atoms with Crippen LogP contribution in [0.3, 0.4) is 0 Å². The zero-order valence-electron chi connectivity index (χ0n) is 7.28. The summed E-state index contributed by atoms with van der Waals surface area (Å²) in [5, 5.41) is 5.46. The molecule has 0 fully saturated rings. The highest BCUT2D eigenvalue weighted by Crippen LogP contribution is 2.14. The second kappa shape index (κ2) is 4.30. The summed E-state index contributed by atoms with van der Waals surface area (Å²) in [6.07, 6.45) is 1.76. The molecule has 0 aromatic carbocycles. The Hall–Kier alpha value is -0.770. The maximum absolute atomic E-state index is 11.6. The number of Topliss-reactive ketones (excluding diaryl/α,β-unsaturated/α-hetero) is 1. The number of ketones is 1. The normalized spacial score (nSPS) is 10.6. The zero-order valence-corrected chi connectivity index (χ0v) is 8.10. The molecule has 1 rings (SSSR count). The standard InChI is InChI=1S/C8H12N2OS/c1-3-6(4-2)8(11)7-5-12-10-9-7/h5-6H,3-4H2,1-2H3. The lowest BCUT2D eigenvalue weighted by atomic mass is 9.97. The van der Waals surface area contributed by atoms with E-state index in [4.69, 9.17) is 0 Å². The summed E-state index contributed by atoms with van der Waals surface area (Å²) in [7, 11) is 0. The van der Waals surface area contributed by atoms with Crippen molar-refractivity contribution in [1.29, 1.82) is 0 Å². The van der Waals surface area contributed by atoms with Gasteiger partial charge in [-0.3, -0.25) is 4.79 Å². The Kier molecular flexibility index (Phi) is 3.34. The quantitative estimate of drug-likeness (QED) is 0.673. The van der Waals surface area contributed by atoms with Gasteiger partial charge in [-0.05, 0) is 24.4 Å². The third kappa shape index (κ3) is 1.88. The number of carbonyl (C=O) groups excluding carboxylic acids is 1. The van der Waals surface area contributed by atoms with Crippen LogP contribution in [0.15, 0.2) is 5.38 Å². The van der Waals surface area contributed by atoms with E-state index >= 15 is 0 Å². The molecule has 3 nitrogen and oxygen atoms in total. The molecule has 0 bridgehead atoms. The predicted octanol–water partition coefficient (Wildman–Crippen LogP) is 2.16. The number of rotatable bonds is 4. The summed E-state index contributed by atoms with van der Waals surface area (Å²) < 4.78 is 3.67. The molecule has 0 radical (unpaired) electrons. The largest absolute Gasteiger partial charge is 0.292 e. The highest BCUT2D eigenvalue weighted by atomic mass is 32.1. The van der Waals surface area contributed by atoms with Crippen molar-refractivity contribution < 1.29 is 4.79 Å². The number of carbonyl (C=O) groups is 1. The molecular weight excluding hydrogens is 172 g/mol. The fourth-order valence-corrected chi connectivity index (χ4v) is 1.59. The van der Waals surface area contributed by atoms with Crippen molar-refractivity contribution in [2.75, 3.05) is 0 Å². The third-order valence-corrected chi connectivity index (χ3v) is 2.47. The van der Waals surface area contributed by atoms with Gasteiger partial charge in [-0.25, -0.2) is 0 Å². The van der Waals surface area contributed by atoms with Crippen molar-refractivity contribution in [3.8, 4) is 0 Å². The lowest BCUT2D eigenvalue weighted by molar-refractivity contribution is 0.0908. The molecule has 0 spiro atoms. The van der Waals surface area contributed by atoms with Crippen LogP contribution in [-0.4, -0.2) is 15.4 Å². The van der Waals surface area contributed by atoms with Crippen LogP contribution in [0, 0.1) is 5.92 Å². The smallest absolute Gasteiger partial charge is 0.187 e. The van der Waals surface area contributed by atoms with E-state index in [9.17, 15) is 4.79 Å². The molecule has 0 atom stereocenters. The van der Waals surface area contributed by atoms with Gasteiger partial charge < -0.3 is 0 Å². The average Bonchev–Trinajstić information content (AvgIpc) is 2.58. The first-order chi connectivity index (χ1) is 5.79. The molecule has 66 valence electrons. The Labute approximate surface area is 76.0 Å². The van der Waals surface area contributed by atoms with Crippen LogP contribution < -0.4 is 0 Å². The Morgan fingerprint density at radius 1 is 1.58 bits per heavy atom. The second-order valence-electron chi connectivity index (χ2n) is 2.67. The SMILES string of the molecule is CCC(CC)C(=O)c1csnn1. The van der Waals surface area contributed by atoms with Gasteiger partial charge in [0.15, 0.2) is 5.78 Å². The maximum Gasteiger partial charge on any atom is 0.187 e. The Balaban J connectivity index is 2.70. The minimum Gasteiger partial charge on any atom is -0.292 e. The predicted molar refractivity (Wildman–Crippen MR) is 48.3 cm³/mol. The molecule has 0 aliphatic rings. The molecule has 1 aromatic rings. The number of hydrogen-bond acceptors (Lipinski definition) is 4. The van der Waals surface area contributed by atoms with Crippen LogP contribution in [0.4, 0.5) is 0 Å². The highest BCUT2D eigenvalue weighted by Gasteiger charge is 2.18. The number of nitrogens with zero attached hydrogens (tertiary/aromatic N) is 2. The van der Waals surface area contributed by atoms with Gasteiger partial charge in [0.25, 0.3) is 0 Å². The van der Waals surface area contributed by atoms with E-state index in [2.05, 4.69) is 9.59 Å². The Morgan fingerprint density at radius 2 is 2.25 bits per heavy atom. The van der Waals surface area contributed by atoms with Crippen molar-refractivity contribution in [1.82, 2.24) is 9.59 Å². The topological polar surface area (TPSA) is 42.9 Å². The Morgan fingerprint density at radius 3 is 2.67 bits per heavy atom. The first-order valence-corrected chi connectivity index (χ1v) is 4.94. The monoisotopic (exact) mass is 184 g/mol. The van der Waals surface area contributed by atoms with Crippen molar-refractivity contribution in [3.63, 3.8) is 0 Å². The molecule has 0 N–H and O–H groups in total. The molecule has 0 amide bonds. The first-order valence-electron chi connectivity index (χ1n) is 4.10. The molecule has 12 heavy (non-hydrogen) atoms. The fraction of sp³-hybridized carbons (Fsp3) is 0.625. The second-order valence-corrected chi connectivity index (χ2v) is 3.28. The van der Waals surface area contributed by atoms with E-state index in [-0.39, 0.29) is 11.7 Å². The molecule has 4 heteroatoms. The summed E-state index contributed by atoms with van der Waals surface area (Å²) >= 11 is 1.22. The van der Waals surface area contributed by atoms with E-state index in [0.29, 0.717) is 5.69 Å². The lowest BCUT2D eigenvalue weighted by Crippen LogP contribution is -2.13. The first kappa shape index (κ1) is 9.32. The van der Waals surface area contributed by atoms with Crippen LogP contribution in [0.5, 0.6) is 0 Å².